The SMILES string of the molecule is CC/C(=C\C(=O)N(C)/C(C)=C(/N)CC)[C@H](C)/N=C(\CC)c1ccc(F)cc1. The molecule has 1 aromatic carbocycles. The Balaban J connectivity index is 3.09. The summed E-state index contributed by atoms with van der Waals surface area (Å²) in [4.78, 5) is 19.0. The second-order valence-corrected chi connectivity index (χ2v) is 6.55. The maximum atomic E-state index is 13.2. The largest absolute Gasteiger partial charge is 0.401 e. The molecule has 0 radical (unpaired) electrons. The Morgan fingerprint density at radius 1 is 1.19 bits per heavy atom. The quantitative estimate of drug-likeness (QED) is 0.525. The summed E-state index contributed by atoms with van der Waals surface area (Å²) < 4.78 is 13.2. The van der Waals surface area contributed by atoms with Crippen LogP contribution in [0.25, 0.3) is 0 Å². The predicted octanol–water partition coefficient (Wildman–Crippen LogP) is 4.81. The number of amides is 1. The zero-order valence-electron chi connectivity index (χ0n) is 17.3. The highest BCUT2D eigenvalue weighted by Gasteiger charge is 2.14. The first-order valence-corrected chi connectivity index (χ1v) is 9.50. The Labute approximate surface area is 162 Å². The first kappa shape index (κ1) is 22.6. The van der Waals surface area contributed by atoms with Crippen LogP contribution in [-0.2, 0) is 4.79 Å². The zero-order chi connectivity index (χ0) is 20.6. The van der Waals surface area contributed by atoms with Gasteiger partial charge in [-0.05, 0) is 56.4 Å². The van der Waals surface area contributed by atoms with Crippen molar-refractivity contribution in [3.05, 3.63) is 58.7 Å². The normalized spacial score (nSPS) is 14.6. The molecule has 0 aliphatic carbocycles. The van der Waals surface area contributed by atoms with E-state index >= 15 is 0 Å². The van der Waals surface area contributed by atoms with Gasteiger partial charge < -0.3 is 10.6 Å². The number of aliphatic imine (C=N–C) groups is 1. The summed E-state index contributed by atoms with van der Waals surface area (Å²) in [6.45, 7) is 9.82. The summed E-state index contributed by atoms with van der Waals surface area (Å²) in [6.07, 6.45) is 3.80. The Kier molecular flexibility index (Phi) is 8.92. The zero-order valence-corrected chi connectivity index (χ0v) is 17.3. The average Bonchev–Trinajstić information content (AvgIpc) is 2.68. The predicted molar refractivity (Wildman–Crippen MR) is 111 cm³/mol. The number of hydrogen-bond donors (Lipinski definition) is 1. The molecular formula is C22H32FN3O. The van der Waals surface area contributed by atoms with Gasteiger partial charge in [-0.15, -0.1) is 0 Å². The molecule has 148 valence electrons. The van der Waals surface area contributed by atoms with Crippen molar-refractivity contribution >= 4 is 11.6 Å². The number of likely N-dealkylation sites (N-methyl/N-ethyl adjacent to an activating group) is 1. The van der Waals surface area contributed by atoms with Crippen molar-refractivity contribution in [1.82, 2.24) is 4.90 Å². The lowest BCUT2D eigenvalue weighted by atomic mass is 10.0. The minimum Gasteiger partial charge on any atom is -0.401 e. The lowest BCUT2D eigenvalue weighted by Gasteiger charge is -2.20. The fourth-order valence-electron chi connectivity index (χ4n) is 2.74. The number of carbonyl (C=O) groups is 1. The standard InChI is InChI=1S/C22H32FN3O/c1-7-17(14-22(27)26(6)16(5)20(24)8-2)15(4)25-21(9-3)18-10-12-19(23)13-11-18/h10-15H,7-9,24H2,1-6H3/b17-14+,20-16+,25-21+/t15-/m0/s1. The first-order chi connectivity index (χ1) is 12.7. The summed E-state index contributed by atoms with van der Waals surface area (Å²) in [5.74, 6) is -0.373. The summed E-state index contributed by atoms with van der Waals surface area (Å²) in [7, 11) is 1.73. The van der Waals surface area contributed by atoms with E-state index in [2.05, 4.69) is 0 Å². The molecule has 0 saturated carbocycles. The van der Waals surface area contributed by atoms with E-state index in [0.717, 1.165) is 35.4 Å². The molecule has 1 rings (SSSR count). The maximum Gasteiger partial charge on any atom is 0.250 e. The molecule has 1 amide bonds. The second kappa shape index (κ2) is 10.7. The van der Waals surface area contributed by atoms with Gasteiger partial charge in [0.05, 0.1) is 6.04 Å². The van der Waals surface area contributed by atoms with Crippen LogP contribution in [0.2, 0.25) is 0 Å². The van der Waals surface area contributed by atoms with E-state index in [1.807, 2.05) is 34.6 Å². The Morgan fingerprint density at radius 3 is 2.26 bits per heavy atom. The molecule has 0 fully saturated rings. The van der Waals surface area contributed by atoms with Gasteiger partial charge in [0, 0.05) is 30.2 Å². The van der Waals surface area contributed by atoms with Crippen LogP contribution < -0.4 is 5.73 Å². The van der Waals surface area contributed by atoms with Gasteiger partial charge in [0.1, 0.15) is 5.82 Å². The monoisotopic (exact) mass is 373 g/mol. The van der Waals surface area contributed by atoms with E-state index in [-0.39, 0.29) is 17.8 Å². The van der Waals surface area contributed by atoms with Crippen LogP contribution in [0, 0.1) is 5.82 Å². The van der Waals surface area contributed by atoms with Gasteiger partial charge in [-0.3, -0.25) is 9.79 Å². The van der Waals surface area contributed by atoms with Crippen molar-refractivity contribution in [3.63, 3.8) is 0 Å². The third-order valence-electron chi connectivity index (χ3n) is 4.79. The molecule has 1 aromatic rings. The summed E-state index contributed by atoms with van der Waals surface area (Å²) in [6, 6.07) is 6.21. The van der Waals surface area contributed by atoms with Crippen LogP contribution in [-0.4, -0.2) is 29.6 Å². The highest BCUT2D eigenvalue weighted by atomic mass is 19.1. The van der Waals surface area contributed by atoms with Crippen LogP contribution in [0.15, 0.2) is 52.3 Å². The molecule has 0 spiro atoms. The molecule has 0 aliphatic rings. The van der Waals surface area contributed by atoms with E-state index in [1.54, 1.807) is 30.2 Å². The molecule has 0 bridgehead atoms. The lowest BCUT2D eigenvalue weighted by Crippen LogP contribution is -2.26. The van der Waals surface area contributed by atoms with Crippen LogP contribution in [0.4, 0.5) is 4.39 Å². The van der Waals surface area contributed by atoms with Crippen molar-refractivity contribution in [2.75, 3.05) is 7.05 Å². The molecule has 0 heterocycles. The number of hydrogen-bond acceptors (Lipinski definition) is 3. The van der Waals surface area contributed by atoms with E-state index in [9.17, 15) is 9.18 Å². The number of halogens is 1. The highest BCUT2D eigenvalue weighted by Crippen LogP contribution is 2.16. The van der Waals surface area contributed by atoms with Crippen LogP contribution in [0.1, 0.15) is 59.4 Å². The summed E-state index contributed by atoms with van der Waals surface area (Å²) in [5, 5.41) is 0. The van der Waals surface area contributed by atoms with Gasteiger partial charge in [0.15, 0.2) is 0 Å². The fourth-order valence-corrected chi connectivity index (χ4v) is 2.74. The molecule has 27 heavy (non-hydrogen) atoms. The van der Waals surface area contributed by atoms with E-state index in [1.165, 1.54) is 12.1 Å². The molecule has 2 N–H and O–H groups in total. The van der Waals surface area contributed by atoms with Gasteiger partial charge in [-0.25, -0.2) is 4.39 Å². The Bertz CT molecular complexity index is 732. The number of allylic oxidation sites excluding steroid dienone is 2. The topological polar surface area (TPSA) is 58.7 Å². The molecule has 0 saturated heterocycles. The van der Waals surface area contributed by atoms with E-state index < -0.39 is 0 Å². The van der Waals surface area contributed by atoms with Crippen LogP contribution >= 0.6 is 0 Å². The maximum absolute atomic E-state index is 13.2. The molecule has 4 nitrogen and oxygen atoms in total. The number of nitrogens with two attached hydrogens (primary N) is 1. The van der Waals surface area contributed by atoms with Crippen molar-refractivity contribution in [1.29, 1.82) is 0 Å². The van der Waals surface area contributed by atoms with Crippen molar-refractivity contribution in [2.45, 2.75) is 59.9 Å². The van der Waals surface area contributed by atoms with Gasteiger partial charge >= 0.3 is 0 Å². The molecule has 1 atom stereocenters. The van der Waals surface area contributed by atoms with Gasteiger partial charge in [-0.1, -0.05) is 32.9 Å². The minimum atomic E-state index is -0.264. The third kappa shape index (κ3) is 6.35. The Morgan fingerprint density at radius 2 is 1.78 bits per heavy atom. The fraction of sp³-hybridized carbons (Fsp3) is 0.455. The summed E-state index contributed by atoms with van der Waals surface area (Å²) in [5.41, 5.74) is 10.2. The highest BCUT2D eigenvalue weighted by molar-refractivity contribution is 6.00. The summed E-state index contributed by atoms with van der Waals surface area (Å²) >= 11 is 0. The van der Waals surface area contributed by atoms with Crippen molar-refractivity contribution < 1.29 is 9.18 Å². The number of nitrogens with zero attached hydrogens (tertiary/aromatic N) is 2. The number of rotatable bonds is 8. The molecule has 0 unspecified atom stereocenters. The third-order valence-corrected chi connectivity index (χ3v) is 4.79. The van der Waals surface area contributed by atoms with E-state index in [4.69, 9.17) is 10.7 Å². The number of carbonyl (C=O) groups excluding carboxylic acids is 1. The van der Waals surface area contributed by atoms with E-state index in [0.29, 0.717) is 12.1 Å². The smallest absolute Gasteiger partial charge is 0.250 e. The van der Waals surface area contributed by atoms with Crippen LogP contribution in [0.5, 0.6) is 0 Å². The van der Waals surface area contributed by atoms with Crippen molar-refractivity contribution in [3.8, 4) is 0 Å². The second-order valence-electron chi connectivity index (χ2n) is 6.55. The van der Waals surface area contributed by atoms with Gasteiger partial charge in [0.2, 0.25) is 0 Å². The lowest BCUT2D eigenvalue weighted by molar-refractivity contribution is -0.123. The average molecular weight is 374 g/mol. The molecule has 0 aliphatic heterocycles. The van der Waals surface area contributed by atoms with Crippen molar-refractivity contribution in [2.24, 2.45) is 10.7 Å². The van der Waals surface area contributed by atoms with Gasteiger partial charge in [0.25, 0.3) is 5.91 Å². The Hall–Kier alpha value is -2.43. The van der Waals surface area contributed by atoms with Gasteiger partial charge in [-0.2, -0.15) is 0 Å². The minimum absolute atomic E-state index is 0.109. The molecule has 0 aromatic heterocycles. The molecule has 5 heteroatoms. The number of benzene rings is 1. The van der Waals surface area contributed by atoms with Crippen LogP contribution in [0.3, 0.4) is 0 Å². The first-order valence-electron chi connectivity index (χ1n) is 9.50. The molecular weight excluding hydrogens is 341 g/mol.